The first-order chi connectivity index (χ1) is 18.4. The Kier molecular flexibility index (Phi) is 10.2. The molecule has 3 aromatic rings. The van der Waals surface area contributed by atoms with Crippen molar-refractivity contribution in [3.05, 3.63) is 91.3 Å². The summed E-state index contributed by atoms with van der Waals surface area (Å²) in [5.41, 5.74) is 2.66. The van der Waals surface area contributed by atoms with Crippen molar-refractivity contribution < 1.29 is 14.0 Å². The molecule has 0 unspecified atom stereocenters. The van der Waals surface area contributed by atoms with Gasteiger partial charge in [-0.05, 0) is 65.2 Å². The highest BCUT2D eigenvalue weighted by Gasteiger charge is 2.35. The highest BCUT2D eigenvalue weighted by Crippen LogP contribution is 2.41. The molecule has 0 spiro atoms. The summed E-state index contributed by atoms with van der Waals surface area (Å²) in [6.45, 7) is 2.90. The van der Waals surface area contributed by atoms with Crippen molar-refractivity contribution in [2.75, 3.05) is 13.1 Å². The maximum Gasteiger partial charge on any atom is 0.243 e. The minimum Gasteiger partial charge on any atom is -0.330 e. The second-order valence-corrected chi connectivity index (χ2v) is 11.6. The predicted octanol–water partition coefficient (Wildman–Crippen LogP) is 8.06. The van der Waals surface area contributed by atoms with Gasteiger partial charge in [0.05, 0.1) is 6.04 Å². The average Bonchev–Trinajstić information content (AvgIpc) is 3.38. The van der Waals surface area contributed by atoms with Crippen LogP contribution in [-0.2, 0) is 22.6 Å². The van der Waals surface area contributed by atoms with Gasteiger partial charge in [0.25, 0.3) is 0 Å². The zero-order valence-corrected chi connectivity index (χ0v) is 23.9. The van der Waals surface area contributed by atoms with E-state index in [2.05, 4.69) is 6.92 Å². The minimum atomic E-state index is -0.348. The van der Waals surface area contributed by atoms with Crippen LogP contribution in [0.2, 0.25) is 10.0 Å². The molecule has 38 heavy (non-hydrogen) atoms. The largest absolute Gasteiger partial charge is 0.330 e. The number of hydrogen-bond donors (Lipinski definition) is 0. The molecule has 1 aromatic heterocycles. The van der Waals surface area contributed by atoms with Crippen molar-refractivity contribution in [3.63, 3.8) is 0 Å². The number of benzene rings is 2. The van der Waals surface area contributed by atoms with Crippen LogP contribution in [0.5, 0.6) is 0 Å². The number of nitrogens with zero attached hydrogens (tertiary/aromatic N) is 2. The summed E-state index contributed by atoms with van der Waals surface area (Å²) >= 11 is 14.5. The number of amides is 2. The Morgan fingerprint density at radius 2 is 1.79 bits per heavy atom. The Morgan fingerprint density at radius 3 is 2.53 bits per heavy atom. The van der Waals surface area contributed by atoms with Gasteiger partial charge in [-0.1, -0.05) is 74.0 Å². The molecule has 2 heterocycles. The summed E-state index contributed by atoms with van der Waals surface area (Å²) in [6.07, 6.45) is 6.31. The van der Waals surface area contributed by atoms with Crippen molar-refractivity contribution in [3.8, 4) is 0 Å². The molecule has 1 aliphatic rings. The number of hydrogen-bond acceptors (Lipinski definition) is 3. The van der Waals surface area contributed by atoms with Gasteiger partial charge in [0.2, 0.25) is 11.8 Å². The standard InChI is InChI=1S/C30H33Cl2FN2O2S/c1-2-3-4-5-6-7-28(36)34(19-21-8-11-23(33)12-9-21)20-29(37)35-16-14-27-25(15-17-38-27)30(35)24-13-10-22(31)18-26(24)32/h8-13,15,17-18,30H,2-7,14,16,19-20H2,1H3/t30-/m1/s1. The summed E-state index contributed by atoms with van der Waals surface area (Å²) < 4.78 is 13.5. The van der Waals surface area contributed by atoms with Gasteiger partial charge in [0.15, 0.2) is 0 Å². The summed E-state index contributed by atoms with van der Waals surface area (Å²) in [5.74, 6) is -0.533. The molecule has 0 aliphatic carbocycles. The average molecular weight is 576 g/mol. The topological polar surface area (TPSA) is 40.6 Å². The van der Waals surface area contributed by atoms with Crippen LogP contribution in [0.15, 0.2) is 53.9 Å². The van der Waals surface area contributed by atoms with E-state index < -0.39 is 0 Å². The second kappa shape index (κ2) is 13.6. The van der Waals surface area contributed by atoms with Crippen molar-refractivity contribution in [1.29, 1.82) is 0 Å². The number of unbranched alkanes of at least 4 members (excludes halogenated alkanes) is 4. The normalized spacial score (nSPS) is 14.8. The zero-order chi connectivity index (χ0) is 27.1. The zero-order valence-electron chi connectivity index (χ0n) is 21.6. The molecule has 202 valence electrons. The maximum atomic E-state index is 13.9. The Morgan fingerprint density at radius 1 is 1.03 bits per heavy atom. The van der Waals surface area contributed by atoms with Crippen molar-refractivity contribution in [2.45, 2.75) is 64.5 Å². The lowest BCUT2D eigenvalue weighted by Crippen LogP contribution is -2.46. The molecule has 1 aliphatic heterocycles. The molecule has 4 nitrogen and oxygen atoms in total. The number of carbonyl (C=O) groups excluding carboxylic acids is 2. The highest BCUT2D eigenvalue weighted by molar-refractivity contribution is 7.10. The van der Waals surface area contributed by atoms with E-state index in [4.69, 9.17) is 23.2 Å². The second-order valence-electron chi connectivity index (χ2n) is 9.75. The van der Waals surface area contributed by atoms with Crippen LogP contribution >= 0.6 is 34.5 Å². The van der Waals surface area contributed by atoms with Gasteiger partial charge in [0, 0.05) is 34.4 Å². The first kappa shape index (κ1) is 28.6. The van der Waals surface area contributed by atoms with Crippen LogP contribution in [0.4, 0.5) is 4.39 Å². The third kappa shape index (κ3) is 7.16. The van der Waals surface area contributed by atoms with Gasteiger partial charge < -0.3 is 9.80 Å². The van der Waals surface area contributed by atoms with Crippen molar-refractivity contribution >= 4 is 46.4 Å². The number of thiophene rings is 1. The first-order valence-corrected chi connectivity index (χ1v) is 14.8. The summed E-state index contributed by atoms with van der Waals surface area (Å²) in [6, 6.07) is 13.1. The summed E-state index contributed by atoms with van der Waals surface area (Å²) in [5, 5.41) is 3.08. The third-order valence-corrected chi connectivity index (χ3v) is 8.56. The van der Waals surface area contributed by atoms with Gasteiger partial charge in [0.1, 0.15) is 12.4 Å². The van der Waals surface area contributed by atoms with E-state index in [1.54, 1.807) is 40.5 Å². The molecule has 0 saturated carbocycles. The van der Waals surface area contributed by atoms with Gasteiger partial charge >= 0.3 is 0 Å². The molecule has 1 atom stereocenters. The van der Waals surface area contributed by atoms with E-state index in [-0.39, 0.29) is 36.8 Å². The van der Waals surface area contributed by atoms with E-state index in [9.17, 15) is 14.0 Å². The summed E-state index contributed by atoms with van der Waals surface area (Å²) in [7, 11) is 0. The van der Waals surface area contributed by atoms with Crippen LogP contribution in [-0.4, -0.2) is 34.7 Å². The molecule has 0 bridgehead atoms. The van der Waals surface area contributed by atoms with Crippen LogP contribution in [0.3, 0.4) is 0 Å². The van der Waals surface area contributed by atoms with E-state index in [0.717, 1.165) is 55.2 Å². The van der Waals surface area contributed by atoms with Gasteiger partial charge in [-0.15, -0.1) is 11.3 Å². The van der Waals surface area contributed by atoms with E-state index in [1.165, 1.54) is 17.0 Å². The van der Waals surface area contributed by atoms with Crippen LogP contribution in [0.25, 0.3) is 0 Å². The summed E-state index contributed by atoms with van der Waals surface area (Å²) in [4.78, 5) is 31.9. The van der Waals surface area contributed by atoms with Crippen LogP contribution < -0.4 is 0 Å². The Hall–Kier alpha value is -2.41. The molecular formula is C30H33Cl2FN2O2S. The van der Waals surface area contributed by atoms with Gasteiger partial charge in [-0.3, -0.25) is 9.59 Å². The number of carbonyl (C=O) groups is 2. The Bertz CT molecular complexity index is 1250. The van der Waals surface area contributed by atoms with Crippen LogP contribution in [0, 0.1) is 5.82 Å². The molecule has 0 saturated heterocycles. The molecule has 0 fully saturated rings. The molecule has 8 heteroatoms. The fraction of sp³-hybridized carbons (Fsp3) is 0.400. The maximum absolute atomic E-state index is 13.9. The highest BCUT2D eigenvalue weighted by atomic mass is 35.5. The minimum absolute atomic E-state index is 0.0493. The fourth-order valence-electron chi connectivity index (χ4n) is 4.98. The van der Waals surface area contributed by atoms with E-state index in [1.807, 2.05) is 22.4 Å². The lowest BCUT2D eigenvalue weighted by molar-refractivity contribution is -0.142. The third-order valence-electron chi connectivity index (χ3n) is 7.00. The fourth-order valence-corrected chi connectivity index (χ4v) is 6.39. The molecule has 2 aromatic carbocycles. The van der Waals surface area contributed by atoms with Gasteiger partial charge in [-0.25, -0.2) is 4.39 Å². The SMILES string of the molecule is CCCCCCCC(=O)N(CC(=O)N1CCc2sccc2[C@H]1c1ccc(Cl)cc1Cl)Cc1ccc(F)cc1. The Balaban J connectivity index is 1.56. The van der Waals surface area contributed by atoms with Crippen molar-refractivity contribution in [2.24, 2.45) is 0 Å². The number of rotatable bonds is 11. The molecule has 0 N–H and O–H groups in total. The lowest BCUT2D eigenvalue weighted by Gasteiger charge is -2.38. The Labute approximate surface area is 238 Å². The van der Waals surface area contributed by atoms with E-state index >= 15 is 0 Å². The van der Waals surface area contributed by atoms with Crippen molar-refractivity contribution in [1.82, 2.24) is 9.80 Å². The number of fused-ring (bicyclic) bond motifs is 1. The predicted molar refractivity (Wildman–Crippen MR) is 153 cm³/mol. The van der Waals surface area contributed by atoms with Crippen LogP contribution in [0.1, 0.15) is 73.1 Å². The quantitative estimate of drug-likeness (QED) is 0.217. The molecule has 4 rings (SSSR count). The molecule has 2 amide bonds. The smallest absolute Gasteiger partial charge is 0.243 e. The van der Waals surface area contributed by atoms with E-state index in [0.29, 0.717) is 23.0 Å². The monoisotopic (exact) mass is 574 g/mol. The van der Waals surface area contributed by atoms with Gasteiger partial charge in [-0.2, -0.15) is 0 Å². The molecular weight excluding hydrogens is 542 g/mol. The first-order valence-electron chi connectivity index (χ1n) is 13.2. The molecule has 0 radical (unpaired) electrons. The lowest BCUT2D eigenvalue weighted by atomic mass is 9.93. The number of halogens is 3.